The van der Waals surface area contributed by atoms with Crippen molar-refractivity contribution in [1.29, 1.82) is 0 Å². The Bertz CT molecular complexity index is 629. The zero-order chi connectivity index (χ0) is 13.8. The van der Waals surface area contributed by atoms with Gasteiger partial charge in [0.25, 0.3) is 5.91 Å². The maximum Gasteiger partial charge on any atom is 0.258 e. The number of benzene rings is 1. The van der Waals surface area contributed by atoms with Crippen LogP contribution in [0.5, 0.6) is 0 Å². The van der Waals surface area contributed by atoms with Gasteiger partial charge in [0.2, 0.25) is 5.56 Å². The number of aromatic nitrogens is 1. The van der Waals surface area contributed by atoms with Gasteiger partial charge in [-0.05, 0) is 30.2 Å². The highest BCUT2D eigenvalue weighted by Crippen LogP contribution is 2.16. The molecule has 0 aliphatic rings. The minimum absolute atomic E-state index is 0.199. The Kier molecular flexibility index (Phi) is 3.80. The number of nitrogens with zero attached hydrogens (tertiary/aromatic N) is 1. The number of anilines is 1. The van der Waals surface area contributed by atoms with Gasteiger partial charge in [0.1, 0.15) is 0 Å². The maximum atomic E-state index is 12.2. The molecule has 4 nitrogen and oxygen atoms in total. The Balaban J connectivity index is 2.25. The third kappa shape index (κ3) is 2.91. The summed E-state index contributed by atoms with van der Waals surface area (Å²) < 4.78 is 0. The molecule has 0 aliphatic carbocycles. The van der Waals surface area contributed by atoms with Gasteiger partial charge in [0.15, 0.2) is 0 Å². The highest BCUT2D eigenvalue weighted by atomic mass is 16.2. The van der Waals surface area contributed by atoms with Gasteiger partial charge in [-0.2, -0.15) is 0 Å². The Morgan fingerprint density at radius 3 is 2.47 bits per heavy atom. The molecule has 1 aromatic carbocycles. The predicted molar refractivity (Wildman–Crippen MR) is 75.6 cm³/mol. The van der Waals surface area contributed by atoms with Crippen LogP contribution in [-0.4, -0.2) is 17.9 Å². The smallest absolute Gasteiger partial charge is 0.258 e. The van der Waals surface area contributed by atoms with Crippen molar-refractivity contribution in [3.8, 4) is 0 Å². The summed E-state index contributed by atoms with van der Waals surface area (Å²) in [5.74, 6) is -0.199. The van der Waals surface area contributed by atoms with E-state index in [0.717, 1.165) is 12.1 Å². The van der Waals surface area contributed by atoms with E-state index in [0.29, 0.717) is 5.56 Å². The van der Waals surface area contributed by atoms with E-state index in [9.17, 15) is 9.59 Å². The van der Waals surface area contributed by atoms with E-state index in [4.69, 9.17) is 0 Å². The molecule has 1 N–H and O–H groups in total. The van der Waals surface area contributed by atoms with Gasteiger partial charge in [0.05, 0.1) is 0 Å². The number of rotatable bonds is 3. The molecular weight excluding hydrogens is 240 g/mol. The first-order valence-electron chi connectivity index (χ1n) is 6.17. The standard InChI is InChI=1S/C15H16N2O2/c1-3-11-4-6-13(7-5-11)17(2)15(19)12-8-9-16-14(18)10-12/h4-10H,3H2,1-2H3,(H,16,18). The lowest BCUT2D eigenvalue weighted by atomic mass is 10.1. The zero-order valence-electron chi connectivity index (χ0n) is 11.0. The number of aryl methyl sites for hydroxylation is 1. The van der Waals surface area contributed by atoms with Crippen molar-refractivity contribution in [2.45, 2.75) is 13.3 Å². The number of hydrogen-bond acceptors (Lipinski definition) is 2. The first kappa shape index (κ1) is 13.1. The fourth-order valence-corrected chi connectivity index (χ4v) is 1.84. The van der Waals surface area contributed by atoms with E-state index in [2.05, 4.69) is 11.9 Å². The fourth-order valence-electron chi connectivity index (χ4n) is 1.84. The fraction of sp³-hybridized carbons (Fsp3) is 0.200. The molecule has 0 atom stereocenters. The lowest BCUT2D eigenvalue weighted by molar-refractivity contribution is 0.0993. The number of hydrogen-bond donors (Lipinski definition) is 1. The molecule has 0 unspecified atom stereocenters. The SMILES string of the molecule is CCc1ccc(N(C)C(=O)c2cc[nH]c(=O)c2)cc1. The normalized spacial score (nSPS) is 10.2. The van der Waals surface area contributed by atoms with Gasteiger partial charge in [-0.15, -0.1) is 0 Å². The molecule has 0 bridgehead atoms. The monoisotopic (exact) mass is 256 g/mol. The van der Waals surface area contributed by atoms with Crippen LogP contribution in [0.1, 0.15) is 22.8 Å². The van der Waals surface area contributed by atoms with Gasteiger partial charge >= 0.3 is 0 Å². The second-order valence-corrected chi connectivity index (χ2v) is 4.33. The molecule has 98 valence electrons. The molecule has 0 aliphatic heterocycles. The number of carbonyl (C=O) groups is 1. The molecule has 0 saturated heterocycles. The summed E-state index contributed by atoms with van der Waals surface area (Å²) in [6.07, 6.45) is 2.44. The number of H-pyrrole nitrogens is 1. The molecule has 0 radical (unpaired) electrons. The van der Waals surface area contributed by atoms with Crippen LogP contribution in [0.15, 0.2) is 47.4 Å². The van der Waals surface area contributed by atoms with Crippen LogP contribution in [0.2, 0.25) is 0 Å². The Labute approximate surface area is 111 Å². The second kappa shape index (κ2) is 5.52. The van der Waals surface area contributed by atoms with Crippen LogP contribution in [0.25, 0.3) is 0 Å². The van der Waals surface area contributed by atoms with Crippen LogP contribution in [0.3, 0.4) is 0 Å². The minimum Gasteiger partial charge on any atom is -0.329 e. The van der Waals surface area contributed by atoms with Crippen LogP contribution in [-0.2, 0) is 6.42 Å². The van der Waals surface area contributed by atoms with Crippen molar-refractivity contribution in [1.82, 2.24) is 4.98 Å². The molecular formula is C15H16N2O2. The first-order valence-corrected chi connectivity index (χ1v) is 6.17. The van der Waals surface area contributed by atoms with Crippen molar-refractivity contribution in [2.75, 3.05) is 11.9 Å². The Morgan fingerprint density at radius 1 is 1.21 bits per heavy atom. The van der Waals surface area contributed by atoms with Crippen molar-refractivity contribution in [3.05, 3.63) is 64.1 Å². The van der Waals surface area contributed by atoms with Crippen molar-refractivity contribution in [2.24, 2.45) is 0 Å². The van der Waals surface area contributed by atoms with E-state index in [-0.39, 0.29) is 11.5 Å². The van der Waals surface area contributed by atoms with E-state index in [1.807, 2.05) is 24.3 Å². The molecule has 0 spiro atoms. The summed E-state index contributed by atoms with van der Waals surface area (Å²) >= 11 is 0. The van der Waals surface area contributed by atoms with Gasteiger partial charge in [-0.1, -0.05) is 19.1 Å². The van der Waals surface area contributed by atoms with Crippen molar-refractivity contribution in [3.63, 3.8) is 0 Å². The summed E-state index contributed by atoms with van der Waals surface area (Å²) in [6, 6.07) is 10.7. The number of pyridine rings is 1. The highest BCUT2D eigenvalue weighted by Gasteiger charge is 2.13. The lowest BCUT2D eigenvalue weighted by Crippen LogP contribution is -2.27. The number of nitrogens with one attached hydrogen (secondary N) is 1. The lowest BCUT2D eigenvalue weighted by Gasteiger charge is -2.17. The average Bonchev–Trinajstić information content (AvgIpc) is 2.46. The summed E-state index contributed by atoms with van der Waals surface area (Å²) in [5.41, 5.74) is 2.13. The van der Waals surface area contributed by atoms with E-state index < -0.39 is 0 Å². The molecule has 19 heavy (non-hydrogen) atoms. The number of amides is 1. The van der Waals surface area contributed by atoms with Crippen LogP contribution >= 0.6 is 0 Å². The molecule has 1 aromatic heterocycles. The second-order valence-electron chi connectivity index (χ2n) is 4.33. The van der Waals surface area contributed by atoms with E-state index >= 15 is 0 Å². The van der Waals surface area contributed by atoms with Crippen molar-refractivity contribution < 1.29 is 4.79 Å². The first-order chi connectivity index (χ1) is 9.11. The third-order valence-electron chi connectivity index (χ3n) is 3.06. The van der Waals surface area contributed by atoms with Gasteiger partial charge in [-0.25, -0.2) is 0 Å². The van der Waals surface area contributed by atoms with Crippen LogP contribution in [0.4, 0.5) is 5.69 Å². The summed E-state index contributed by atoms with van der Waals surface area (Å²) in [5, 5.41) is 0. The summed E-state index contributed by atoms with van der Waals surface area (Å²) in [4.78, 5) is 27.5. The Hall–Kier alpha value is -2.36. The number of aromatic amines is 1. The van der Waals surface area contributed by atoms with Gasteiger partial charge in [0, 0.05) is 30.6 Å². The predicted octanol–water partition coefficient (Wildman–Crippen LogP) is 2.21. The molecule has 2 aromatic rings. The van der Waals surface area contributed by atoms with Crippen LogP contribution in [0, 0.1) is 0 Å². The summed E-state index contributed by atoms with van der Waals surface area (Å²) in [6.45, 7) is 2.08. The van der Waals surface area contributed by atoms with Gasteiger partial charge in [-0.3, -0.25) is 9.59 Å². The minimum atomic E-state index is -0.277. The van der Waals surface area contributed by atoms with E-state index in [1.165, 1.54) is 22.7 Å². The molecule has 2 rings (SSSR count). The van der Waals surface area contributed by atoms with Crippen molar-refractivity contribution >= 4 is 11.6 Å². The zero-order valence-corrected chi connectivity index (χ0v) is 11.0. The number of carbonyl (C=O) groups excluding carboxylic acids is 1. The highest BCUT2D eigenvalue weighted by molar-refractivity contribution is 6.05. The topological polar surface area (TPSA) is 53.2 Å². The molecule has 0 fully saturated rings. The van der Waals surface area contributed by atoms with Gasteiger partial charge < -0.3 is 9.88 Å². The molecule has 1 heterocycles. The Morgan fingerprint density at radius 2 is 1.89 bits per heavy atom. The maximum absolute atomic E-state index is 12.2. The van der Waals surface area contributed by atoms with E-state index in [1.54, 1.807) is 13.1 Å². The molecule has 1 amide bonds. The molecule has 0 saturated carbocycles. The van der Waals surface area contributed by atoms with Crippen LogP contribution < -0.4 is 10.5 Å². The largest absolute Gasteiger partial charge is 0.329 e. The summed E-state index contributed by atoms with van der Waals surface area (Å²) in [7, 11) is 1.70. The quantitative estimate of drug-likeness (QED) is 0.915. The average molecular weight is 256 g/mol. The third-order valence-corrected chi connectivity index (χ3v) is 3.06. The molecule has 4 heteroatoms.